The number of hydrogen-bond acceptors (Lipinski definition) is 3. The van der Waals surface area contributed by atoms with Gasteiger partial charge < -0.3 is 5.32 Å². The van der Waals surface area contributed by atoms with E-state index in [0.29, 0.717) is 19.4 Å². The monoisotopic (exact) mass is 317 g/mol. The van der Waals surface area contributed by atoms with E-state index in [1.807, 2.05) is 0 Å². The van der Waals surface area contributed by atoms with Crippen LogP contribution in [0.2, 0.25) is 0 Å². The van der Waals surface area contributed by atoms with Gasteiger partial charge in [-0.25, -0.2) is 0 Å². The molecule has 0 saturated heterocycles. The molecule has 0 unspecified atom stereocenters. The second-order valence-corrected chi connectivity index (χ2v) is 7.59. The van der Waals surface area contributed by atoms with E-state index < -0.39 is 15.7 Å². The number of nitrogens with one attached hydrogen (secondary N) is 2. The van der Waals surface area contributed by atoms with Gasteiger partial charge in [-0.15, -0.1) is 6.58 Å². The summed E-state index contributed by atoms with van der Waals surface area (Å²) in [7, 11) is -2.17. The molecule has 1 fully saturated rings. The molecule has 0 aromatic rings. The average Bonchev–Trinajstić information content (AvgIpc) is 2.44. The Bertz CT molecular complexity index is 468. The highest BCUT2D eigenvalue weighted by Crippen LogP contribution is 2.29. The molecule has 122 valence electrons. The van der Waals surface area contributed by atoms with Crippen molar-refractivity contribution in [2.24, 2.45) is 0 Å². The van der Waals surface area contributed by atoms with Crippen molar-refractivity contribution >= 4 is 16.1 Å². The molecule has 1 aliphatic rings. The van der Waals surface area contributed by atoms with E-state index in [-0.39, 0.29) is 11.9 Å². The minimum Gasteiger partial charge on any atom is -0.351 e. The first-order chi connectivity index (χ1) is 9.75. The molecule has 1 amide bonds. The number of amides is 1. The number of carbonyl (C=O) groups is 1. The molecular weight excluding hydrogens is 290 g/mol. The highest BCUT2D eigenvalue weighted by atomic mass is 32.2. The summed E-state index contributed by atoms with van der Waals surface area (Å²) in [6, 6.07) is -0.167. The standard InChI is InChI=1S/C14H27N3O3S/c1-5-11-15-13(18)14(9-7-6-8-10-14)16-21(19,20)17(4)12(2)3/h5,12,16H,1,6-11H2,2-4H3,(H,15,18). The average molecular weight is 317 g/mol. The topological polar surface area (TPSA) is 78.5 Å². The van der Waals surface area contributed by atoms with Crippen LogP contribution < -0.4 is 10.0 Å². The maximum absolute atomic E-state index is 12.4. The van der Waals surface area contributed by atoms with Crippen LogP contribution in [0.25, 0.3) is 0 Å². The van der Waals surface area contributed by atoms with Crippen molar-refractivity contribution in [1.82, 2.24) is 14.3 Å². The summed E-state index contributed by atoms with van der Waals surface area (Å²) in [5.41, 5.74) is -1.04. The molecule has 0 aromatic heterocycles. The molecule has 21 heavy (non-hydrogen) atoms. The van der Waals surface area contributed by atoms with Gasteiger partial charge in [0.1, 0.15) is 5.54 Å². The smallest absolute Gasteiger partial charge is 0.280 e. The van der Waals surface area contributed by atoms with Gasteiger partial charge in [0.25, 0.3) is 10.2 Å². The van der Waals surface area contributed by atoms with E-state index in [4.69, 9.17) is 0 Å². The Kier molecular flexibility index (Phi) is 6.37. The van der Waals surface area contributed by atoms with Gasteiger partial charge in [-0.05, 0) is 26.7 Å². The Morgan fingerprint density at radius 3 is 2.38 bits per heavy atom. The Morgan fingerprint density at radius 1 is 1.33 bits per heavy atom. The van der Waals surface area contributed by atoms with Crippen LogP contribution in [0.3, 0.4) is 0 Å². The van der Waals surface area contributed by atoms with Gasteiger partial charge in [-0.3, -0.25) is 4.79 Å². The number of carbonyl (C=O) groups excluding carboxylic acids is 1. The summed E-state index contributed by atoms with van der Waals surface area (Å²) in [6.45, 7) is 7.49. The second-order valence-electron chi connectivity index (χ2n) is 5.86. The third kappa shape index (κ3) is 4.52. The number of rotatable bonds is 7. The summed E-state index contributed by atoms with van der Waals surface area (Å²) < 4.78 is 28.8. The minimum absolute atomic E-state index is 0.167. The zero-order valence-electron chi connectivity index (χ0n) is 13.2. The van der Waals surface area contributed by atoms with Crippen LogP contribution in [0.15, 0.2) is 12.7 Å². The summed E-state index contributed by atoms with van der Waals surface area (Å²) in [5, 5.41) is 2.73. The zero-order chi connectivity index (χ0) is 16.1. The maximum atomic E-state index is 12.4. The summed E-state index contributed by atoms with van der Waals surface area (Å²) in [5.74, 6) is -0.261. The lowest BCUT2D eigenvalue weighted by atomic mass is 9.82. The van der Waals surface area contributed by atoms with Gasteiger partial charge >= 0.3 is 0 Å². The van der Waals surface area contributed by atoms with Crippen LogP contribution in [0.4, 0.5) is 0 Å². The van der Waals surface area contributed by atoms with Crippen LogP contribution >= 0.6 is 0 Å². The fraction of sp³-hybridized carbons (Fsp3) is 0.786. The molecule has 1 rings (SSSR count). The van der Waals surface area contributed by atoms with Gasteiger partial charge in [-0.1, -0.05) is 25.3 Å². The summed E-state index contributed by atoms with van der Waals surface area (Å²) in [4.78, 5) is 12.4. The quantitative estimate of drug-likeness (QED) is 0.692. The summed E-state index contributed by atoms with van der Waals surface area (Å²) >= 11 is 0. The van der Waals surface area contributed by atoms with Crippen molar-refractivity contribution in [2.45, 2.75) is 57.5 Å². The van der Waals surface area contributed by atoms with Crippen molar-refractivity contribution in [2.75, 3.05) is 13.6 Å². The highest BCUT2D eigenvalue weighted by molar-refractivity contribution is 7.87. The molecule has 0 aromatic carbocycles. The molecule has 0 aliphatic heterocycles. The van der Waals surface area contributed by atoms with Crippen LogP contribution in [-0.4, -0.2) is 43.8 Å². The van der Waals surface area contributed by atoms with Crippen LogP contribution in [-0.2, 0) is 15.0 Å². The predicted octanol–water partition coefficient (Wildman–Crippen LogP) is 1.17. The first-order valence-electron chi connectivity index (χ1n) is 7.41. The lowest BCUT2D eigenvalue weighted by molar-refractivity contribution is -0.128. The van der Waals surface area contributed by atoms with Gasteiger partial charge in [0.05, 0.1) is 0 Å². The third-order valence-corrected chi connectivity index (χ3v) is 5.81. The fourth-order valence-electron chi connectivity index (χ4n) is 2.46. The van der Waals surface area contributed by atoms with Crippen LogP contribution in [0.1, 0.15) is 46.0 Å². The van der Waals surface area contributed by atoms with Crippen molar-refractivity contribution in [3.05, 3.63) is 12.7 Å². The molecule has 0 spiro atoms. The number of hydrogen-bond donors (Lipinski definition) is 2. The van der Waals surface area contributed by atoms with Gasteiger partial charge in [-0.2, -0.15) is 17.4 Å². The third-order valence-electron chi connectivity index (χ3n) is 3.98. The molecule has 7 heteroatoms. The first kappa shape index (κ1) is 18.1. The van der Waals surface area contributed by atoms with Crippen molar-refractivity contribution in [3.63, 3.8) is 0 Å². The molecule has 1 saturated carbocycles. The molecule has 0 radical (unpaired) electrons. The van der Waals surface area contributed by atoms with Crippen LogP contribution in [0, 0.1) is 0 Å². The first-order valence-corrected chi connectivity index (χ1v) is 8.85. The van der Waals surface area contributed by atoms with Gasteiger partial charge in [0.15, 0.2) is 0 Å². The molecule has 6 nitrogen and oxygen atoms in total. The maximum Gasteiger partial charge on any atom is 0.280 e. The van der Waals surface area contributed by atoms with E-state index in [9.17, 15) is 13.2 Å². The number of nitrogens with zero attached hydrogens (tertiary/aromatic N) is 1. The molecule has 1 aliphatic carbocycles. The van der Waals surface area contributed by atoms with E-state index in [0.717, 1.165) is 19.3 Å². The van der Waals surface area contributed by atoms with Crippen LogP contribution in [0.5, 0.6) is 0 Å². The van der Waals surface area contributed by atoms with Crippen molar-refractivity contribution in [3.8, 4) is 0 Å². The fourth-order valence-corrected chi connectivity index (χ4v) is 3.95. The van der Waals surface area contributed by atoms with Crippen molar-refractivity contribution in [1.29, 1.82) is 0 Å². The summed E-state index contributed by atoms with van der Waals surface area (Å²) in [6.07, 6.45) is 5.36. The van der Waals surface area contributed by atoms with E-state index in [1.165, 1.54) is 11.4 Å². The molecule has 0 heterocycles. The minimum atomic E-state index is -3.69. The Balaban J connectivity index is 2.98. The highest BCUT2D eigenvalue weighted by Gasteiger charge is 2.43. The lowest BCUT2D eigenvalue weighted by Gasteiger charge is -2.37. The SMILES string of the molecule is C=CCNC(=O)C1(NS(=O)(=O)N(C)C(C)C)CCCCC1. The Morgan fingerprint density at radius 2 is 1.90 bits per heavy atom. The Labute approximate surface area is 128 Å². The van der Waals surface area contributed by atoms with E-state index >= 15 is 0 Å². The van der Waals surface area contributed by atoms with Gasteiger partial charge in [0, 0.05) is 19.6 Å². The Hall–Kier alpha value is -0.920. The molecule has 2 N–H and O–H groups in total. The van der Waals surface area contributed by atoms with Crippen molar-refractivity contribution < 1.29 is 13.2 Å². The van der Waals surface area contributed by atoms with E-state index in [2.05, 4.69) is 16.6 Å². The van der Waals surface area contributed by atoms with Gasteiger partial charge in [0.2, 0.25) is 5.91 Å². The second kappa shape index (κ2) is 7.38. The largest absolute Gasteiger partial charge is 0.351 e. The molecule has 0 bridgehead atoms. The normalized spacial score (nSPS) is 18.7. The van der Waals surface area contributed by atoms with E-state index in [1.54, 1.807) is 19.9 Å². The lowest BCUT2D eigenvalue weighted by Crippen LogP contribution is -2.62. The molecule has 0 atom stereocenters. The predicted molar refractivity (Wildman–Crippen MR) is 84.0 cm³/mol. The zero-order valence-corrected chi connectivity index (χ0v) is 14.0. The molecular formula is C14H27N3O3S.